The van der Waals surface area contributed by atoms with Gasteiger partial charge in [-0.3, -0.25) is 0 Å². The van der Waals surface area contributed by atoms with Crippen molar-refractivity contribution >= 4 is 0 Å². The maximum Gasteiger partial charge on any atom is 0.170 e. The van der Waals surface area contributed by atoms with E-state index in [1.54, 1.807) is 0 Å². The Labute approximate surface area is 223 Å². The molecule has 2 heterocycles. The predicted octanol–water partition coefficient (Wildman–Crippen LogP) is 4.12. The Balaban J connectivity index is 1.18. The van der Waals surface area contributed by atoms with Crippen LogP contribution in [0, 0.1) is 50.7 Å². The molecule has 0 amide bonds. The van der Waals surface area contributed by atoms with Crippen molar-refractivity contribution in [3.05, 3.63) is 0 Å². The van der Waals surface area contributed by atoms with Gasteiger partial charge in [0.1, 0.15) is 0 Å². The molecule has 2 aliphatic heterocycles. The van der Waals surface area contributed by atoms with Crippen LogP contribution in [0.4, 0.5) is 0 Å². The average Bonchev–Trinajstić information content (AvgIpc) is 3.51. The maximum absolute atomic E-state index is 12.1. The Hall–Kier alpha value is -0.240. The second-order valence-corrected chi connectivity index (χ2v) is 15.4. The third kappa shape index (κ3) is 3.04. The summed E-state index contributed by atoms with van der Waals surface area (Å²) in [6.07, 6.45) is 9.02. The monoisotopic (exact) mass is 517 g/mol. The molecule has 13 unspecified atom stereocenters. The van der Waals surface area contributed by atoms with Crippen molar-refractivity contribution in [3.63, 3.8) is 0 Å². The molecule has 6 nitrogen and oxygen atoms in total. The minimum Gasteiger partial charge on any atom is -0.394 e. The van der Waals surface area contributed by atoms with Crippen molar-refractivity contribution in [2.75, 3.05) is 26.3 Å². The molecule has 7 rings (SSSR count). The van der Waals surface area contributed by atoms with Gasteiger partial charge in [0, 0.05) is 18.5 Å². The minimum atomic E-state index is -0.445. The zero-order valence-electron chi connectivity index (χ0n) is 23.8. The quantitative estimate of drug-likeness (QED) is 0.523. The van der Waals surface area contributed by atoms with Crippen molar-refractivity contribution in [2.45, 2.75) is 117 Å². The lowest BCUT2D eigenvalue weighted by Crippen LogP contribution is -2.60. The third-order valence-electron chi connectivity index (χ3n) is 14.2. The van der Waals surface area contributed by atoms with Crippen molar-refractivity contribution < 1.29 is 24.4 Å². The van der Waals surface area contributed by atoms with E-state index in [1.807, 2.05) is 0 Å². The minimum absolute atomic E-state index is 0.0617. The van der Waals surface area contributed by atoms with E-state index in [4.69, 9.17) is 14.2 Å². The first-order valence-electron chi connectivity index (χ1n) is 15.5. The van der Waals surface area contributed by atoms with Crippen molar-refractivity contribution in [3.8, 4) is 0 Å². The molecule has 0 aromatic heterocycles. The van der Waals surface area contributed by atoms with Gasteiger partial charge >= 0.3 is 0 Å². The second-order valence-electron chi connectivity index (χ2n) is 15.4. The molecule has 0 radical (unpaired) electrons. The van der Waals surface area contributed by atoms with Crippen LogP contribution >= 0.6 is 0 Å². The second kappa shape index (κ2) is 8.16. The van der Waals surface area contributed by atoms with Gasteiger partial charge in [0.25, 0.3) is 0 Å². The number of fused-ring (bicyclic) bond motifs is 4. The number of morpholine rings is 1. The van der Waals surface area contributed by atoms with Gasteiger partial charge in [0.2, 0.25) is 0 Å². The molecule has 5 aliphatic carbocycles. The van der Waals surface area contributed by atoms with Crippen LogP contribution in [0.1, 0.15) is 86.0 Å². The Morgan fingerprint density at radius 3 is 2.49 bits per heavy atom. The molecule has 7 fully saturated rings. The number of nitrogens with one attached hydrogen (secondary N) is 1. The molecule has 210 valence electrons. The van der Waals surface area contributed by atoms with Gasteiger partial charge < -0.3 is 29.7 Å². The Morgan fingerprint density at radius 2 is 1.76 bits per heavy atom. The van der Waals surface area contributed by atoms with E-state index in [0.29, 0.717) is 34.5 Å². The van der Waals surface area contributed by atoms with Gasteiger partial charge in [0.15, 0.2) is 6.29 Å². The van der Waals surface area contributed by atoms with Crippen LogP contribution in [-0.4, -0.2) is 67.2 Å². The van der Waals surface area contributed by atoms with Crippen molar-refractivity contribution in [2.24, 2.45) is 50.7 Å². The van der Waals surface area contributed by atoms with Gasteiger partial charge in [-0.2, -0.15) is 0 Å². The topological polar surface area (TPSA) is 80.2 Å². The fraction of sp³-hybridized carbons (Fsp3) is 1.00. The summed E-state index contributed by atoms with van der Waals surface area (Å²) < 4.78 is 19.1. The van der Waals surface area contributed by atoms with Crippen molar-refractivity contribution in [1.29, 1.82) is 0 Å². The molecule has 5 saturated carbocycles. The summed E-state index contributed by atoms with van der Waals surface area (Å²) in [5.41, 5.74) is 0.854. The molecule has 37 heavy (non-hydrogen) atoms. The zero-order chi connectivity index (χ0) is 26.0. The Kier molecular flexibility index (Phi) is 5.67. The van der Waals surface area contributed by atoms with Crippen LogP contribution in [0.2, 0.25) is 0 Å². The largest absolute Gasteiger partial charge is 0.394 e. The summed E-state index contributed by atoms with van der Waals surface area (Å²) in [5.74, 6) is 2.08. The van der Waals surface area contributed by atoms with E-state index in [1.165, 1.54) is 38.5 Å². The lowest BCUT2D eigenvalue weighted by Gasteiger charge is -2.63. The summed E-state index contributed by atoms with van der Waals surface area (Å²) in [4.78, 5) is 0. The first-order chi connectivity index (χ1) is 17.5. The lowest BCUT2D eigenvalue weighted by molar-refractivity contribution is -0.237. The number of ether oxygens (including phenoxy) is 3. The highest BCUT2D eigenvalue weighted by molar-refractivity contribution is 5.32. The van der Waals surface area contributed by atoms with Crippen LogP contribution < -0.4 is 5.32 Å². The first-order valence-corrected chi connectivity index (χ1v) is 15.5. The van der Waals surface area contributed by atoms with Crippen molar-refractivity contribution in [1.82, 2.24) is 5.32 Å². The number of aliphatic hydroxyl groups excluding tert-OH is 2. The fourth-order valence-corrected chi connectivity index (χ4v) is 12.6. The Morgan fingerprint density at radius 1 is 1.00 bits per heavy atom. The summed E-state index contributed by atoms with van der Waals surface area (Å²) in [7, 11) is 0. The number of hydrogen-bond donors (Lipinski definition) is 3. The van der Waals surface area contributed by atoms with Crippen LogP contribution in [0.3, 0.4) is 0 Å². The third-order valence-corrected chi connectivity index (χ3v) is 14.2. The van der Waals surface area contributed by atoms with E-state index in [-0.39, 0.29) is 47.5 Å². The highest BCUT2D eigenvalue weighted by Gasteiger charge is 2.84. The SMILES string of the molecule is CC1CC(CO)OC2C1C1(C)CCC34CC35CCC(OC3CNCCO3)C(C)(C)C5CCC4C1(C)C2O. The van der Waals surface area contributed by atoms with Crippen LogP contribution in [0.5, 0.6) is 0 Å². The van der Waals surface area contributed by atoms with Gasteiger partial charge in [-0.25, -0.2) is 0 Å². The first kappa shape index (κ1) is 25.7. The normalized spacial score (nSPS) is 59.9. The zero-order valence-corrected chi connectivity index (χ0v) is 23.8. The standard InChI is InChI=1S/C31H51NO5/c1-18-14-19(16-33)36-25-24(18)28(4)10-11-31-17-30(31)9-8-22(37-23-15-32-12-13-35-23)27(2,3)20(30)6-7-21(31)29(28,5)26(25)34/h18-26,32-34H,6-17H2,1-5H3. The molecule has 2 saturated heterocycles. The fourth-order valence-electron chi connectivity index (χ4n) is 12.6. The molecule has 13 atom stereocenters. The van der Waals surface area contributed by atoms with Gasteiger partial charge in [-0.05, 0) is 96.7 Å². The van der Waals surface area contributed by atoms with Gasteiger partial charge in [-0.15, -0.1) is 0 Å². The van der Waals surface area contributed by atoms with Crippen LogP contribution in [-0.2, 0) is 14.2 Å². The number of rotatable bonds is 3. The molecule has 0 aromatic rings. The summed E-state index contributed by atoms with van der Waals surface area (Å²) in [6.45, 7) is 14.8. The Bertz CT molecular complexity index is 921. The summed E-state index contributed by atoms with van der Waals surface area (Å²) in [5, 5.41) is 25.5. The number of aliphatic hydroxyl groups is 2. The molecule has 2 spiro atoms. The van der Waals surface area contributed by atoms with Crippen LogP contribution in [0.25, 0.3) is 0 Å². The highest BCUT2D eigenvalue weighted by Crippen LogP contribution is 2.89. The van der Waals surface area contributed by atoms with Crippen LogP contribution in [0.15, 0.2) is 0 Å². The highest BCUT2D eigenvalue weighted by atomic mass is 16.7. The molecular weight excluding hydrogens is 466 g/mol. The molecule has 0 bridgehead atoms. The van der Waals surface area contributed by atoms with E-state index in [2.05, 4.69) is 39.9 Å². The maximum atomic E-state index is 12.1. The molecule has 6 heteroatoms. The average molecular weight is 518 g/mol. The van der Waals surface area contributed by atoms with Gasteiger partial charge in [0.05, 0.1) is 37.6 Å². The lowest BCUT2D eigenvalue weighted by atomic mass is 9.41. The molecule has 7 aliphatic rings. The summed E-state index contributed by atoms with van der Waals surface area (Å²) >= 11 is 0. The molecular formula is C31H51NO5. The van der Waals surface area contributed by atoms with E-state index < -0.39 is 6.10 Å². The predicted molar refractivity (Wildman–Crippen MR) is 141 cm³/mol. The van der Waals surface area contributed by atoms with E-state index >= 15 is 0 Å². The molecule has 3 N–H and O–H groups in total. The number of hydrogen-bond acceptors (Lipinski definition) is 6. The van der Waals surface area contributed by atoms with E-state index in [0.717, 1.165) is 32.5 Å². The molecule has 0 aromatic carbocycles. The smallest absolute Gasteiger partial charge is 0.170 e. The van der Waals surface area contributed by atoms with E-state index in [9.17, 15) is 10.2 Å². The summed E-state index contributed by atoms with van der Waals surface area (Å²) in [6, 6.07) is 0. The van der Waals surface area contributed by atoms with Gasteiger partial charge in [-0.1, -0.05) is 34.6 Å².